The molecule has 5 atom stereocenters. The molecule has 0 heterocycles. The van der Waals surface area contributed by atoms with E-state index in [1.54, 1.807) is 0 Å². The van der Waals surface area contributed by atoms with Crippen LogP contribution < -0.4 is 0 Å². The fourth-order valence-electron chi connectivity index (χ4n) is 13.0. The third-order valence-electron chi connectivity index (χ3n) is 19.6. The largest absolute Gasteiger partial charge is 0.472 e. The molecule has 19 heteroatoms. The van der Waals surface area contributed by atoms with Gasteiger partial charge >= 0.3 is 39.5 Å². The van der Waals surface area contributed by atoms with Crippen molar-refractivity contribution < 1.29 is 80.2 Å². The first-order chi connectivity index (χ1) is 49.7. The van der Waals surface area contributed by atoms with Crippen molar-refractivity contribution in [2.45, 2.75) is 470 Å². The molecule has 0 saturated heterocycles. The smallest absolute Gasteiger partial charge is 0.462 e. The normalized spacial score (nSPS) is 13.8. The summed E-state index contributed by atoms with van der Waals surface area (Å²) in [6.07, 6.45) is 70.7. The molecule has 0 bridgehead atoms. The van der Waals surface area contributed by atoms with Crippen LogP contribution in [0.2, 0.25) is 0 Å². The number of ether oxygens (including phenoxy) is 4. The Morgan fingerprint density at radius 1 is 0.235 bits per heavy atom. The third kappa shape index (κ3) is 76.3. The highest BCUT2D eigenvalue weighted by molar-refractivity contribution is 7.47. The highest BCUT2D eigenvalue weighted by atomic mass is 31.2. The Hall–Kier alpha value is -1.94. The van der Waals surface area contributed by atoms with Crippen molar-refractivity contribution in [3.8, 4) is 0 Å². The second-order valence-corrected chi connectivity index (χ2v) is 32.8. The lowest BCUT2D eigenvalue weighted by molar-refractivity contribution is -0.161. The van der Waals surface area contributed by atoms with E-state index in [-0.39, 0.29) is 25.7 Å². The minimum Gasteiger partial charge on any atom is -0.462 e. The van der Waals surface area contributed by atoms with E-state index >= 15 is 0 Å². The minimum atomic E-state index is -4.96. The van der Waals surface area contributed by atoms with Crippen LogP contribution in [0.1, 0.15) is 451 Å². The molecule has 0 radical (unpaired) electrons. The molecule has 0 aliphatic heterocycles. The van der Waals surface area contributed by atoms with Gasteiger partial charge in [-0.25, -0.2) is 9.13 Å². The van der Waals surface area contributed by atoms with Crippen molar-refractivity contribution in [3.63, 3.8) is 0 Å². The number of hydrogen-bond donors (Lipinski definition) is 3. The Morgan fingerprint density at radius 3 is 0.578 bits per heavy atom. The number of rotatable bonds is 84. The number of esters is 4. The fourth-order valence-corrected chi connectivity index (χ4v) is 14.6. The van der Waals surface area contributed by atoms with E-state index in [1.165, 1.54) is 283 Å². The number of carbonyl (C=O) groups excluding carboxylic acids is 4. The van der Waals surface area contributed by atoms with Crippen LogP contribution in [0.5, 0.6) is 0 Å². The first-order valence-corrected chi connectivity index (χ1v) is 46.3. The molecule has 17 nitrogen and oxygen atoms in total. The summed E-state index contributed by atoms with van der Waals surface area (Å²) in [6, 6.07) is 0. The van der Waals surface area contributed by atoms with Crippen LogP contribution in [0.25, 0.3) is 0 Å². The van der Waals surface area contributed by atoms with E-state index in [9.17, 15) is 43.2 Å². The summed E-state index contributed by atoms with van der Waals surface area (Å²) in [5.41, 5.74) is 0. The van der Waals surface area contributed by atoms with Gasteiger partial charge in [0.25, 0.3) is 0 Å². The first kappa shape index (κ1) is 100. The van der Waals surface area contributed by atoms with Crippen LogP contribution in [0.4, 0.5) is 0 Å². The standard InChI is InChI=1S/C83H162O17P2/c1-5-9-13-17-21-25-29-32-34-36-37-38-39-41-43-46-50-54-58-62-66-70-83(88)100-79(74-94-81(86)68-64-60-56-52-48-45-42-40-35-33-30-26-22-18-14-10-6-2)76-98-102(91,92)96-72-77(84)71-95-101(89,90)97-75-78(73-93-80(85)67-63-59-55-51-47-28-24-20-16-12-8-4)99-82(87)69-65-61-57-53-49-44-31-27-23-19-15-11-7-3/h77-79,84H,5-76H2,1-4H3,(H,89,90)(H,91,92)/t77-,78+,79+/m0/s1. The predicted molar refractivity (Wildman–Crippen MR) is 419 cm³/mol. The molecule has 3 N–H and O–H groups in total. The van der Waals surface area contributed by atoms with Crippen LogP contribution in [-0.2, 0) is 65.4 Å². The molecule has 0 aromatic rings. The monoisotopic (exact) mass is 1490 g/mol. The summed E-state index contributed by atoms with van der Waals surface area (Å²) in [5, 5.41) is 10.7. The van der Waals surface area contributed by atoms with Gasteiger partial charge in [-0.15, -0.1) is 0 Å². The minimum absolute atomic E-state index is 0.109. The zero-order valence-electron chi connectivity index (χ0n) is 66.6. The highest BCUT2D eigenvalue weighted by Gasteiger charge is 2.30. The lowest BCUT2D eigenvalue weighted by Crippen LogP contribution is -2.30. The number of aliphatic hydroxyl groups is 1. The predicted octanol–water partition coefficient (Wildman–Crippen LogP) is 25.4. The molecule has 102 heavy (non-hydrogen) atoms. The van der Waals surface area contributed by atoms with Crippen molar-refractivity contribution in [3.05, 3.63) is 0 Å². The van der Waals surface area contributed by atoms with Gasteiger partial charge in [-0.3, -0.25) is 37.3 Å². The first-order valence-electron chi connectivity index (χ1n) is 43.3. The van der Waals surface area contributed by atoms with Crippen molar-refractivity contribution in [2.75, 3.05) is 39.6 Å². The van der Waals surface area contributed by atoms with Crippen LogP contribution in [0, 0.1) is 0 Å². The fraction of sp³-hybridized carbons (Fsp3) is 0.952. The zero-order valence-corrected chi connectivity index (χ0v) is 68.4. The van der Waals surface area contributed by atoms with E-state index in [0.717, 1.165) is 89.9 Å². The van der Waals surface area contributed by atoms with Gasteiger partial charge in [0.15, 0.2) is 12.2 Å². The lowest BCUT2D eigenvalue weighted by Gasteiger charge is -2.21. The molecule has 0 aliphatic carbocycles. The second-order valence-electron chi connectivity index (χ2n) is 29.9. The van der Waals surface area contributed by atoms with Crippen LogP contribution >= 0.6 is 15.6 Å². The maximum Gasteiger partial charge on any atom is 0.472 e. The van der Waals surface area contributed by atoms with Gasteiger partial charge < -0.3 is 33.8 Å². The van der Waals surface area contributed by atoms with Gasteiger partial charge in [-0.05, 0) is 25.7 Å². The highest BCUT2D eigenvalue weighted by Crippen LogP contribution is 2.45. The molecular weight excluding hydrogens is 1330 g/mol. The van der Waals surface area contributed by atoms with E-state index < -0.39 is 97.5 Å². The van der Waals surface area contributed by atoms with Gasteiger partial charge in [0.05, 0.1) is 26.4 Å². The van der Waals surface area contributed by atoms with E-state index in [4.69, 9.17) is 37.0 Å². The Morgan fingerprint density at radius 2 is 0.392 bits per heavy atom. The maximum atomic E-state index is 13.1. The zero-order chi connectivity index (χ0) is 74.6. The van der Waals surface area contributed by atoms with Crippen LogP contribution in [0.15, 0.2) is 0 Å². The Bertz CT molecular complexity index is 1930. The van der Waals surface area contributed by atoms with Gasteiger partial charge in [0.1, 0.15) is 19.3 Å². The number of hydrogen-bond acceptors (Lipinski definition) is 15. The molecule has 0 saturated carbocycles. The Balaban J connectivity index is 5.22. The van der Waals surface area contributed by atoms with Crippen molar-refractivity contribution >= 4 is 39.5 Å². The number of phosphoric ester groups is 2. The molecule has 0 aromatic heterocycles. The average molecular weight is 1490 g/mol. The summed E-state index contributed by atoms with van der Waals surface area (Å²) in [4.78, 5) is 73.1. The molecule has 606 valence electrons. The third-order valence-corrected chi connectivity index (χ3v) is 21.5. The second kappa shape index (κ2) is 77.2. The number of unbranched alkanes of at least 4 members (excludes halogenated alkanes) is 58. The van der Waals surface area contributed by atoms with E-state index in [2.05, 4.69) is 27.7 Å². The summed E-state index contributed by atoms with van der Waals surface area (Å²) in [5.74, 6) is -2.10. The molecule has 0 aliphatic rings. The topological polar surface area (TPSA) is 237 Å². The summed E-state index contributed by atoms with van der Waals surface area (Å²) in [6.45, 7) is 5.04. The van der Waals surface area contributed by atoms with Crippen molar-refractivity contribution in [1.29, 1.82) is 0 Å². The van der Waals surface area contributed by atoms with Crippen molar-refractivity contribution in [2.24, 2.45) is 0 Å². The van der Waals surface area contributed by atoms with Crippen molar-refractivity contribution in [1.82, 2.24) is 0 Å². The molecule has 0 aromatic carbocycles. The van der Waals surface area contributed by atoms with Crippen LogP contribution in [0.3, 0.4) is 0 Å². The van der Waals surface area contributed by atoms with Crippen LogP contribution in [-0.4, -0.2) is 96.7 Å². The Labute approximate surface area is 626 Å². The maximum absolute atomic E-state index is 13.1. The number of phosphoric acid groups is 2. The molecule has 0 rings (SSSR count). The molecule has 0 spiro atoms. The SMILES string of the molecule is CCCCCCCCCCCCCCCCCCCCCCCC(=O)O[C@H](COC(=O)CCCCCCCCCCCCCCCCCCC)COP(=O)(O)OC[C@@H](O)COP(=O)(O)OC[C@@H](COC(=O)CCCCCCCCCCCCC)OC(=O)CCCCCCCCCCCCCCC. The summed E-state index contributed by atoms with van der Waals surface area (Å²) < 4.78 is 68.8. The number of carbonyl (C=O) groups is 4. The quantitative estimate of drug-likeness (QED) is 0.0222. The van der Waals surface area contributed by atoms with E-state index in [0.29, 0.717) is 25.7 Å². The van der Waals surface area contributed by atoms with E-state index in [1.807, 2.05) is 0 Å². The number of aliphatic hydroxyl groups excluding tert-OH is 1. The average Bonchev–Trinajstić information content (AvgIpc) is 0.908. The molecule has 0 amide bonds. The summed E-state index contributed by atoms with van der Waals surface area (Å²) >= 11 is 0. The van der Waals surface area contributed by atoms with Gasteiger partial charge in [0.2, 0.25) is 0 Å². The Kier molecular flexibility index (Phi) is 75.8. The van der Waals surface area contributed by atoms with Gasteiger partial charge in [-0.2, -0.15) is 0 Å². The lowest BCUT2D eigenvalue weighted by atomic mass is 10.0. The molecule has 0 fully saturated rings. The van der Waals surface area contributed by atoms with Gasteiger partial charge in [0, 0.05) is 25.7 Å². The molecule has 2 unspecified atom stereocenters. The summed E-state index contributed by atoms with van der Waals surface area (Å²) in [7, 11) is -9.92. The van der Waals surface area contributed by atoms with Gasteiger partial charge in [-0.1, -0.05) is 400 Å². The molecular formula is C83H162O17P2.